The lowest BCUT2D eigenvalue weighted by atomic mass is 10.2. The first kappa shape index (κ1) is 12.5. The molecule has 96 valence electrons. The van der Waals surface area contributed by atoms with Crippen molar-refractivity contribution in [2.24, 2.45) is 0 Å². The number of benzene rings is 1. The van der Waals surface area contributed by atoms with Crippen LogP contribution in [-0.4, -0.2) is 9.13 Å². The number of hydrogen-bond acceptors (Lipinski definition) is 1. The molecule has 0 aliphatic heterocycles. The van der Waals surface area contributed by atoms with Gasteiger partial charge in [-0.2, -0.15) is 0 Å². The minimum Gasteiger partial charge on any atom is -0.297 e. The molecule has 0 aliphatic carbocycles. The highest BCUT2D eigenvalue weighted by Gasteiger charge is 2.09. The minimum absolute atomic E-state index is 0.0526. The number of aromatic nitrogens is 2. The number of imidazole rings is 1. The van der Waals surface area contributed by atoms with Crippen molar-refractivity contribution in [3.05, 3.63) is 58.3 Å². The lowest BCUT2D eigenvalue weighted by molar-refractivity contribution is 0.546. The van der Waals surface area contributed by atoms with Gasteiger partial charge in [0.1, 0.15) is 11.6 Å². The Bertz CT molecular complexity index is 614. The van der Waals surface area contributed by atoms with Gasteiger partial charge in [-0.3, -0.25) is 9.13 Å². The standard InChI is InChI=1S/C13H14F2N2O/c1-9(2)17-6-5-16(13(17)18)8-10-3-4-11(14)7-12(10)15/h3-7,9H,8H2,1-2H3. The highest BCUT2D eigenvalue weighted by Crippen LogP contribution is 2.10. The van der Waals surface area contributed by atoms with E-state index < -0.39 is 11.6 Å². The van der Waals surface area contributed by atoms with E-state index in [4.69, 9.17) is 0 Å². The van der Waals surface area contributed by atoms with Crippen molar-refractivity contribution in [1.82, 2.24) is 9.13 Å². The maximum Gasteiger partial charge on any atom is 0.328 e. The number of hydrogen-bond donors (Lipinski definition) is 0. The summed E-state index contributed by atoms with van der Waals surface area (Å²) in [5.74, 6) is -1.26. The fraction of sp³-hybridized carbons (Fsp3) is 0.308. The third-order valence-corrected chi connectivity index (χ3v) is 2.79. The molecule has 0 radical (unpaired) electrons. The van der Waals surface area contributed by atoms with Crippen molar-refractivity contribution in [3.8, 4) is 0 Å². The molecule has 0 saturated carbocycles. The van der Waals surface area contributed by atoms with E-state index in [0.29, 0.717) is 5.56 Å². The van der Waals surface area contributed by atoms with Gasteiger partial charge in [-0.1, -0.05) is 6.07 Å². The smallest absolute Gasteiger partial charge is 0.297 e. The maximum atomic E-state index is 13.5. The third kappa shape index (κ3) is 2.34. The molecule has 0 unspecified atom stereocenters. The Kier molecular flexibility index (Phi) is 3.32. The van der Waals surface area contributed by atoms with Crippen molar-refractivity contribution in [2.45, 2.75) is 26.4 Å². The van der Waals surface area contributed by atoms with E-state index in [1.54, 1.807) is 17.0 Å². The highest BCUT2D eigenvalue weighted by atomic mass is 19.1. The first-order chi connectivity index (χ1) is 8.49. The molecular formula is C13H14F2N2O. The normalized spacial score (nSPS) is 11.2. The fourth-order valence-electron chi connectivity index (χ4n) is 1.77. The Morgan fingerprint density at radius 3 is 2.50 bits per heavy atom. The largest absolute Gasteiger partial charge is 0.328 e. The molecule has 0 spiro atoms. The van der Waals surface area contributed by atoms with Crippen LogP contribution in [0.25, 0.3) is 0 Å². The van der Waals surface area contributed by atoms with Gasteiger partial charge in [-0.25, -0.2) is 13.6 Å². The Labute approximate surface area is 103 Å². The molecule has 0 N–H and O–H groups in total. The van der Waals surface area contributed by atoms with Crippen LogP contribution in [0.5, 0.6) is 0 Å². The summed E-state index contributed by atoms with van der Waals surface area (Å²) in [6.45, 7) is 3.89. The zero-order chi connectivity index (χ0) is 13.3. The summed E-state index contributed by atoms with van der Waals surface area (Å²) in [4.78, 5) is 11.9. The molecule has 2 aromatic rings. The van der Waals surface area contributed by atoms with E-state index in [2.05, 4.69) is 0 Å². The van der Waals surface area contributed by atoms with Gasteiger partial charge in [0.05, 0.1) is 6.54 Å². The van der Waals surface area contributed by atoms with Crippen molar-refractivity contribution in [1.29, 1.82) is 0 Å². The average Bonchev–Trinajstić information content (AvgIpc) is 2.64. The van der Waals surface area contributed by atoms with Crippen molar-refractivity contribution in [2.75, 3.05) is 0 Å². The molecule has 0 atom stereocenters. The number of rotatable bonds is 3. The average molecular weight is 252 g/mol. The molecule has 0 bridgehead atoms. The second-order valence-electron chi connectivity index (χ2n) is 4.45. The van der Waals surface area contributed by atoms with Gasteiger partial charge in [-0.05, 0) is 19.9 Å². The first-order valence-corrected chi connectivity index (χ1v) is 5.70. The molecule has 1 heterocycles. The Hall–Kier alpha value is -1.91. The molecule has 18 heavy (non-hydrogen) atoms. The number of nitrogens with zero attached hydrogens (tertiary/aromatic N) is 2. The zero-order valence-corrected chi connectivity index (χ0v) is 10.2. The molecule has 5 heteroatoms. The van der Waals surface area contributed by atoms with Crippen LogP contribution in [-0.2, 0) is 6.54 Å². The van der Waals surface area contributed by atoms with Crippen LogP contribution in [0.3, 0.4) is 0 Å². The minimum atomic E-state index is -0.640. The monoisotopic (exact) mass is 252 g/mol. The summed E-state index contributed by atoms with van der Waals surface area (Å²) in [5, 5.41) is 0. The highest BCUT2D eigenvalue weighted by molar-refractivity contribution is 5.19. The van der Waals surface area contributed by atoms with Crippen LogP contribution in [0.4, 0.5) is 8.78 Å². The summed E-state index contributed by atoms with van der Waals surface area (Å²) in [7, 11) is 0. The molecule has 3 nitrogen and oxygen atoms in total. The fourth-order valence-corrected chi connectivity index (χ4v) is 1.77. The Balaban J connectivity index is 2.32. The molecule has 0 aliphatic rings. The van der Waals surface area contributed by atoms with E-state index in [-0.39, 0.29) is 18.3 Å². The van der Waals surface area contributed by atoms with E-state index in [1.807, 2.05) is 13.8 Å². The van der Waals surface area contributed by atoms with E-state index in [0.717, 1.165) is 6.07 Å². The predicted molar refractivity (Wildman–Crippen MR) is 64.5 cm³/mol. The molecule has 0 fully saturated rings. The van der Waals surface area contributed by atoms with Gasteiger partial charge in [0.25, 0.3) is 0 Å². The van der Waals surface area contributed by atoms with E-state index in [1.165, 1.54) is 16.7 Å². The van der Waals surface area contributed by atoms with Crippen LogP contribution in [0.2, 0.25) is 0 Å². The van der Waals surface area contributed by atoms with Crippen LogP contribution >= 0.6 is 0 Å². The van der Waals surface area contributed by atoms with Gasteiger partial charge in [0, 0.05) is 30.1 Å². The van der Waals surface area contributed by atoms with E-state index in [9.17, 15) is 13.6 Å². The second kappa shape index (κ2) is 4.76. The Morgan fingerprint density at radius 1 is 1.22 bits per heavy atom. The summed E-state index contributed by atoms with van der Waals surface area (Å²) < 4.78 is 29.2. The van der Waals surface area contributed by atoms with Crippen LogP contribution in [0.1, 0.15) is 25.5 Å². The molecule has 2 rings (SSSR count). The van der Waals surface area contributed by atoms with Gasteiger partial charge < -0.3 is 0 Å². The summed E-state index contributed by atoms with van der Waals surface area (Å²) >= 11 is 0. The van der Waals surface area contributed by atoms with Crippen molar-refractivity contribution < 1.29 is 8.78 Å². The molecule has 0 amide bonds. The SMILES string of the molecule is CC(C)n1ccn(Cc2ccc(F)cc2F)c1=O. The maximum absolute atomic E-state index is 13.5. The van der Waals surface area contributed by atoms with Crippen LogP contribution < -0.4 is 5.69 Å². The van der Waals surface area contributed by atoms with Crippen molar-refractivity contribution >= 4 is 0 Å². The first-order valence-electron chi connectivity index (χ1n) is 5.70. The molecule has 1 aromatic heterocycles. The number of halogens is 2. The predicted octanol–water partition coefficient (Wildman–Crippen LogP) is 2.56. The van der Waals surface area contributed by atoms with Crippen molar-refractivity contribution in [3.63, 3.8) is 0 Å². The van der Waals surface area contributed by atoms with Crippen LogP contribution in [0, 0.1) is 11.6 Å². The third-order valence-electron chi connectivity index (χ3n) is 2.79. The van der Waals surface area contributed by atoms with Gasteiger partial charge in [-0.15, -0.1) is 0 Å². The summed E-state index contributed by atoms with van der Waals surface area (Å²) in [6, 6.07) is 3.41. The summed E-state index contributed by atoms with van der Waals surface area (Å²) in [5.41, 5.74) is 0.0914. The van der Waals surface area contributed by atoms with E-state index >= 15 is 0 Å². The van der Waals surface area contributed by atoms with Gasteiger partial charge in [0.15, 0.2) is 0 Å². The molecule has 0 saturated heterocycles. The summed E-state index contributed by atoms with van der Waals surface area (Å²) in [6.07, 6.45) is 3.26. The zero-order valence-electron chi connectivity index (χ0n) is 10.2. The van der Waals surface area contributed by atoms with Gasteiger partial charge in [0.2, 0.25) is 0 Å². The quantitative estimate of drug-likeness (QED) is 0.824. The lowest BCUT2D eigenvalue weighted by Gasteiger charge is -2.06. The topological polar surface area (TPSA) is 26.9 Å². The lowest BCUT2D eigenvalue weighted by Crippen LogP contribution is -2.25. The van der Waals surface area contributed by atoms with Crippen LogP contribution in [0.15, 0.2) is 35.4 Å². The molecule has 1 aromatic carbocycles. The molecular weight excluding hydrogens is 238 g/mol. The van der Waals surface area contributed by atoms with Gasteiger partial charge >= 0.3 is 5.69 Å². The Morgan fingerprint density at radius 2 is 1.94 bits per heavy atom. The second-order valence-corrected chi connectivity index (χ2v) is 4.45.